The van der Waals surface area contributed by atoms with Crippen LogP contribution >= 0.6 is 0 Å². The highest BCUT2D eigenvalue weighted by Crippen LogP contribution is 2.65. The topological polar surface area (TPSA) is 109 Å². The molecule has 5 unspecified atom stereocenters. The highest BCUT2D eigenvalue weighted by atomic mass is 16.7. The smallest absolute Gasteiger partial charge is 0.482 e. The molecule has 1 aromatic carbocycles. The molecule has 212 valence electrons. The van der Waals surface area contributed by atoms with Crippen LogP contribution in [0.15, 0.2) is 18.2 Å². The first-order valence-corrected chi connectivity index (χ1v) is 14.2. The molecule has 1 amide bonds. The van der Waals surface area contributed by atoms with Gasteiger partial charge in [0.1, 0.15) is 11.3 Å². The maximum Gasteiger partial charge on any atom is 0.482 e. The minimum absolute atomic E-state index is 0.0221. The van der Waals surface area contributed by atoms with Crippen LogP contribution in [0.3, 0.4) is 0 Å². The minimum Gasteiger partial charge on any atom is -0.496 e. The van der Waals surface area contributed by atoms with Crippen LogP contribution in [0.4, 0.5) is 0 Å². The zero-order valence-electron chi connectivity index (χ0n) is 23.6. The lowest BCUT2D eigenvalue weighted by molar-refractivity contribution is -0.199. The van der Waals surface area contributed by atoms with Crippen molar-refractivity contribution in [2.24, 2.45) is 23.2 Å². The zero-order valence-corrected chi connectivity index (χ0v) is 23.6. The van der Waals surface area contributed by atoms with E-state index < -0.39 is 31.4 Å². The summed E-state index contributed by atoms with van der Waals surface area (Å²) in [6, 6.07) is 5.19. The van der Waals surface area contributed by atoms with Gasteiger partial charge in [0, 0.05) is 6.42 Å². The van der Waals surface area contributed by atoms with E-state index in [0.717, 1.165) is 32.1 Å². The van der Waals surface area contributed by atoms with E-state index in [1.165, 1.54) is 7.11 Å². The van der Waals surface area contributed by atoms with Crippen molar-refractivity contribution >= 4 is 25.0 Å². The second-order valence-corrected chi connectivity index (χ2v) is 12.2. The van der Waals surface area contributed by atoms with E-state index >= 15 is 0 Å². The van der Waals surface area contributed by atoms with Gasteiger partial charge in [-0.25, -0.2) is 4.79 Å². The first-order valence-electron chi connectivity index (χ1n) is 14.2. The Kier molecular flexibility index (Phi) is 7.72. The third kappa shape index (κ3) is 5.06. The summed E-state index contributed by atoms with van der Waals surface area (Å²) in [6.07, 6.45) is 5.35. The number of esters is 2. The number of carbonyl (C=O) groups is 3. The van der Waals surface area contributed by atoms with E-state index in [4.69, 9.17) is 23.5 Å². The van der Waals surface area contributed by atoms with E-state index in [1.807, 2.05) is 6.07 Å². The van der Waals surface area contributed by atoms with E-state index in [0.29, 0.717) is 36.0 Å². The Hall–Kier alpha value is -2.59. The molecule has 9 nitrogen and oxygen atoms in total. The zero-order chi connectivity index (χ0) is 27.9. The molecule has 4 saturated carbocycles. The van der Waals surface area contributed by atoms with Crippen molar-refractivity contribution in [3.8, 4) is 5.75 Å². The molecule has 5 atom stereocenters. The van der Waals surface area contributed by atoms with Crippen LogP contribution in [-0.4, -0.2) is 56.5 Å². The van der Waals surface area contributed by atoms with Crippen molar-refractivity contribution < 1.29 is 37.9 Å². The molecule has 6 rings (SSSR count). The second-order valence-electron chi connectivity index (χ2n) is 12.2. The molecular formula is C29H40BNO8. The number of methoxy groups -OCH3 is 1. The average molecular weight is 541 g/mol. The molecular weight excluding hydrogens is 501 g/mol. The first-order chi connectivity index (χ1) is 18.6. The van der Waals surface area contributed by atoms with Crippen LogP contribution in [-0.2, 0) is 34.8 Å². The minimum atomic E-state index is -0.654. The lowest BCUT2D eigenvalue weighted by Crippen LogP contribution is -2.65. The molecule has 1 aliphatic heterocycles. The second kappa shape index (κ2) is 10.8. The van der Waals surface area contributed by atoms with E-state index in [-0.39, 0.29) is 34.9 Å². The number of ether oxygens (including phenoxy) is 3. The summed E-state index contributed by atoms with van der Waals surface area (Å²) < 4.78 is 29.1. The third-order valence-corrected chi connectivity index (χ3v) is 9.75. The number of nitrogens with one attached hydrogen (secondary N) is 1. The van der Waals surface area contributed by atoms with Gasteiger partial charge < -0.3 is 28.8 Å². The standard InChI is InChI=1S/C29H40BNO8/c1-6-24(32)31-23(30-38-22-15-19-14-21(28(19,2)3)29(22,4)39-30)13-18-11-8-12-20(25(18)35-5)27(34)37-16-36-26(33)17-9-7-10-17/h8,11-12,17,19,21-23H,6-7,9-10,13-16H2,1-5H3,(H,31,32). The maximum atomic E-state index is 12.9. The molecule has 10 heteroatoms. The highest BCUT2D eigenvalue weighted by Gasteiger charge is 2.68. The van der Waals surface area contributed by atoms with E-state index in [9.17, 15) is 14.4 Å². The Morgan fingerprint density at radius 3 is 2.56 bits per heavy atom. The predicted molar refractivity (Wildman–Crippen MR) is 143 cm³/mol. The molecule has 39 heavy (non-hydrogen) atoms. The van der Waals surface area contributed by atoms with Gasteiger partial charge in [-0.2, -0.15) is 0 Å². The number of para-hydroxylation sites is 1. The van der Waals surface area contributed by atoms with Gasteiger partial charge in [0.2, 0.25) is 12.7 Å². The number of hydrogen-bond donors (Lipinski definition) is 1. The van der Waals surface area contributed by atoms with Gasteiger partial charge in [0.05, 0.1) is 30.7 Å². The lowest BCUT2D eigenvalue weighted by atomic mass is 9.43. The SMILES string of the molecule is CCC(=O)NC(Cc1cccc(C(=O)OCOC(=O)C2CCC2)c1OC)B1OC2CC3CC(C3(C)C)C2(C)O1. The van der Waals surface area contributed by atoms with Crippen LogP contribution in [0.1, 0.15) is 82.1 Å². The number of hydrogen-bond acceptors (Lipinski definition) is 8. The number of carbonyl (C=O) groups excluding carboxylic acids is 3. The Morgan fingerprint density at radius 1 is 1.15 bits per heavy atom. The summed E-state index contributed by atoms with van der Waals surface area (Å²) in [5.41, 5.74) is 0.712. The van der Waals surface area contributed by atoms with Crippen LogP contribution < -0.4 is 10.1 Å². The Labute approximate surface area is 230 Å². The Bertz CT molecular complexity index is 1120. The summed E-state index contributed by atoms with van der Waals surface area (Å²) in [4.78, 5) is 37.4. The van der Waals surface area contributed by atoms with E-state index in [1.54, 1.807) is 19.1 Å². The molecule has 0 aromatic heterocycles. The summed E-state index contributed by atoms with van der Waals surface area (Å²) in [6.45, 7) is 8.12. The summed E-state index contributed by atoms with van der Waals surface area (Å²) in [5.74, 6) is -0.333. The molecule has 0 spiro atoms. The van der Waals surface area contributed by atoms with Gasteiger partial charge in [0.25, 0.3) is 0 Å². The normalized spacial score (nSPS) is 29.4. The van der Waals surface area contributed by atoms with Crippen LogP contribution in [0.5, 0.6) is 5.75 Å². The van der Waals surface area contributed by atoms with Gasteiger partial charge in [-0.3, -0.25) is 9.59 Å². The van der Waals surface area contributed by atoms with Gasteiger partial charge in [0.15, 0.2) is 0 Å². The molecule has 0 radical (unpaired) electrons. The number of amides is 1. The summed E-state index contributed by atoms with van der Waals surface area (Å²) in [5, 5.41) is 3.08. The van der Waals surface area contributed by atoms with Gasteiger partial charge in [-0.05, 0) is 67.9 Å². The molecule has 4 aliphatic carbocycles. The van der Waals surface area contributed by atoms with Gasteiger partial charge in [-0.1, -0.05) is 39.3 Å². The van der Waals surface area contributed by atoms with E-state index in [2.05, 4.69) is 26.1 Å². The molecule has 2 bridgehead atoms. The Morgan fingerprint density at radius 2 is 1.92 bits per heavy atom. The van der Waals surface area contributed by atoms with Crippen LogP contribution in [0.25, 0.3) is 0 Å². The number of rotatable bonds is 10. The van der Waals surface area contributed by atoms with Gasteiger partial charge in [-0.15, -0.1) is 0 Å². The Balaban J connectivity index is 1.31. The predicted octanol–water partition coefficient (Wildman–Crippen LogP) is 3.86. The fourth-order valence-electron chi connectivity index (χ4n) is 6.96. The third-order valence-electron chi connectivity index (χ3n) is 9.75. The van der Waals surface area contributed by atoms with Gasteiger partial charge >= 0.3 is 19.1 Å². The largest absolute Gasteiger partial charge is 0.496 e. The molecule has 1 N–H and O–H groups in total. The lowest BCUT2D eigenvalue weighted by Gasteiger charge is -2.64. The van der Waals surface area contributed by atoms with Crippen LogP contribution in [0, 0.1) is 23.2 Å². The molecule has 5 aliphatic rings. The monoisotopic (exact) mass is 541 g/mol. The fraction of sp³-hybridized carbons (Fsp3) is 0.690. The van der Waals surface area contributed by atoms with Crippen molar-refractivity contribution in [1.82, 2.24) is 5.32 Å². The fourth-order valence-corrected chi connectivity index (χ4v) is 6.96. The van der Waals surface area contributed by atoms with Crippen molar-refractivity contribution in [2.45, 2.75) is 90.3 Å². The molecule has 1 aromatic rings. The van der Waals surface area contributed by atoms with Crippen molar-refractivity contribution in [2.75, 3.05) is 13.9 Å². The highest BCUT2D eigenvalue weighted by molar-refractivity contribution is 6.48. The van der Waals surface area contributed by atoms with Crippen molar-refractivity contribution in [3.05, 3.63) is 29.3 Å². The summed E-state index contributed by atoms with van der Waals surface area (Å²) >= 11 is 0. The molecule has 1 saturated heterocycles. The molecule has 5 fully saturated rings. The first kappa shape index (κ1) is 28.0. The number of benzene rings is 1. The molecule has 1 heterocycles. The van der Waals surface area contributed by atoms with Crippen molar-refractivity contribution in [3.63, 3.8) is 0 Å². The van der Waals surface area contributed by atoms with Crippen LogP contribution in [0.2, 0.25) is 0 Å². The quantitative estimate of drug-likeness (QED) is 0.270. The summed E-state index contributed by atoms with van der Waals surface area (Å²) in [7, 11) is 0.858. The average Bonchev–Trinajstić information content (AvgIpc) is 3.24. The van der Waals surface area contributed by atoms with Crippen molar-refractivity contribution in [1.29, 1.82) is 0 Å². The maximum absolute atomic E-state index is 12.9.